The molecule has 224 valence electrons. The highest BCUT2D eigenvalue weighted by molar-refractivity contribution is 5.91. The van der Waals surface area contributed by atoms with E-state index < -0.39 is 5.43 Å². The molecule has 0 aliphatic carbocycles. The van der Waals surface area contributed by atoms with Crippen molar-refractivity contribution in [2.24, 2.45) is 0 Å². The highest BCUT2D eigenvalue weighted by atomic mass is 16.5. The van der Waals surface area contributed by atoms with Crippen molar-refractivity contribution in [2.45, 2.75) is 48.0 Å². The highest BCUT2D eigenvalue weighted by Crippen LogP contribution is 2.40. The molecule has 0 fully saturated rings. The number of nitrogens with zero attached hydrogens (tertiary/aromatic N) is 2. The second-order valence-electron chi connectivity index (χ2n) is 10.1. The lowest BCUT2D eigenvalue weighted by atomic mass is 10.0. The van der Waals surface area contributed by atoms with Gasteiger partial charge in [0.05, 0.1) is 7.11 Å². The van der Waals surface area contributed by atoms with Gasteiger partial charge in [0.25, 0.3) is 0 Å². The van der Waals surface area contributed by atoms with Gasteiger partial charge < -0.3 is 33.5 Å². The van der Waals surface area contributed by atoms with Gasteiger partial charge in [-0.25, -0.2) is 0 Å². The summed E-state index contributed by atoms with van der Waals surface area (Å²) in [6.07, 6.45) is 2.54. The number of hydrogen-bond donors (Lipinski definition) is 1. The summed E-state index contributed by atoms with van der Waals surface area (Å²) in [4.78, 5) is 18.5. The summed E-state index contributed by atoms with van der Waals surface area (Å²) in [5.41, 5.74) is 2.38. The van der Waals surface area contributed by atoms with E-state index in [1.165, 1.54) is 6.07 Å². The van der Waals surface area contributed by atoms with Crippen LogP contribution in [0.4, 0.5) is 0 Å². The molecule has 3 aromatic rings. The molecule has 0 unspecified atom stereocenters. The summed E-state index contributed by atoms with van der Waals surface area (Å²) in [7, 11) is 1.60. The maximum Gasteiger partial charge on any atom is 0.239 e. The van der Waals surface area contributed by atoms with Crippen molar-refractivity contribution >= 4 is 11.0 Å². The van der Waals surface area contributed by atoms with E-state index in [1.807, 2.05) is 38.1 Å². The number of phenolic OH excluding ortho intramolecular Hbond substituents is 1. The second-order valence-corrected chi connectivity index (χ2v) is 10.1. The molecular formula is C33H46N2O6. The molecule has 41 heavy (non-hydrogen) atoms. The van der Waals surface area contributed by atoms with Gasteiger partial charge in [0.2, 0.25) is 11.2 Å². The number of hydrogen-bond acceptors (Lipinski definition) is 8. The van der Waals surface area contributed by atoms with Crippen LogP contribution in [0, 0.1) is 0 Å². The summed E-state index contributed by atoms with van der Waals surface area (Å²) in [5, 5.41) is 11.2. The lowest BCUT2D eigenvalue weighted by Crippen LogP contribution is -2.28. The number of benzene rings is 2. The molecule has 0 saturated heterocycles. The molecule has 0 aliphatic rings. The van der Waals surface area contributed by atoms with Crippen LogP contribution in [0.3, 0.4) is 0 Å². The van der Waals surface area contributed by atoms with Crippen molar-refractivity contribution < 1.29 is 23.7 Å². The van der Waals surface area contributed by atoms with Crippen LogP contribution in [0.5, 0.6) is 23.0 Å². The molecule has 8 heteroatoms. The minimum absolute atomic E-state index is 0.0773. The highest BCUT2D eigenvalue weighted by Gasteiger charge is 2.24. The van der Waals surface area contributed by atoms with Gasteiger partial charge in [-0.3, -0.25) is 4.79 Å². The zero-order chi connectivity index (χ0) is 29.9. The smallest absolute Gasteiger partial charge is 0.239 e. The second kappa shape index (κ2) is 15.5. The van der Waals surface area contributed by atoms with Gasteiger partial charge in [-0.05, 0) is 70.7 Å². The number of rotatable bonds is 16. The third-order valence-electron chi connectivity index (χ3n) is 7.34. The third kappa shape index (κ3) is 8.05. The number of fused-ring (bicyclic) bond motifs is 1. The van der Waals surface area contributed by atoms with Crippen molar-refractivity contribution in [1.82, 2.24) is 9.80 Å². The summed E-state index contributed by atoms with van der Waals surface area (Å²) in [6.45, 7) is 18.2. The Kier molecular flexibility index (Phi) is 12.1. The molecule has 8 nitrogen and oxygen atoms in total. The average molecular weight is 567 g/mol. The summed E-state index contributed by atoms with van der Waals surface area (Å²) in [6, 6.07) is 8.82. The first kappa shape index (κ1) is 32.0. The first-order valence-electron chi connectivity index (χ1n) is 14.6. The molecule has 0 radical (unpaired) electrons. The van der Waals surface area contributed by atoms with Gasteiger partial charge in [0.1, 0.15) is 41.4 Å². The van der Waals surface area contributed by atoms with Crippen LogP contribution in [-0.2, 0) is 6.42 Å². The van der Waals surface area contributed by atoms with Crippen LogP contribution >= 0.6 is 0 Å². The van der Waals surface area contributed by atoms with E-state index in [9.17, 15) is 9.90 Å². The van der Waals surface area contributed by atoms with Gasteiger partial charge in [-0.15, -0.1) is 0 Å². The Morgan fingerprint density at radius 2 is 1.51 bits per heavy atom. The van der Waals surface area contributed by atoms with Crippen LogP contribution in [0.25, 0.3) is 22.3 Å². The van der Waals surface area contributed by atoms with Crippen molar-refractivity contribution in [2.75, 3.05) is 59.6 Å². The molecule has 0 saturated carbocycles. The Morgan fingerprint density at radius 3 is 2.05 bits per heavy atom. The molecule has 0 amide bonds. The van der Waals surface area contributed by atoms with Crippen molar-refractivity contribution in [3.05, 3.63) is 57.8 Å². The largest absolute Gasteiger partial charge is 0.507 e. The summed E-state index contributed by atoms with van der Waals surface area (Å²) < 4.78 is 24.2. The van der Waals surface area contributed by atoms with Crippen LogP contribution in [-0.4, -0.2) is 74.5 Å². The van der Waals surface area contributed by atoms with Crippen LogP contribution < -0.4 is 19.6 Å². The van der Waals surface area contributed by atoms with E-state index in [4.69, 9.17) is 18.6 Å². The lowest BCUT2D eigenvalue weighted by Gasteiger charge is -2.21. The number of aromatic hydroxyl groups is 1. The third-order valence-corrected chi connectivity index (χ3v) is 7.34. The Balaban J connectivity index is 2.21. The number of phenols is 1. The molecule has 0 atom stereocenters. The Bertz CT molecular complexity index is 1350. The Hall–Kier alpha value is -3.49. The van der Waals surface area contributed by atoms with Gasteiger partial charge in [-0.2, -0.15) is 0 Å². The van der Waals surface area contributed by atoms with Crippen LogP contribution in [0.15, 0.2) is 51.2 Å². The lowest BCUT2D eigenvalue weighted by molar-refractivity contribution is 0.219. The molecule has 2 aromatic carbocycles. The molecule has 0 bridgehead atoms. The summed E-state index contributed by atoms with van der Waals surface area (Å²) in [5.74, 6) is 1.38. The van der Waals surface area contributed by atoms with E-state index in [0.29, 0.717) is 60.1 Å². The zero-order valence-electron chi connectivity index (χ0n) is 25.7. The van der Waals surface area contributed by atoms with Crippen molar-refractivity contribution in [3.63, 3.8) is 0 Å². The molecule has 3 rings (SSSR count). The molecule has 1 N–H and O–H groups in total. The number of methoxy groups -OCH3 is 1. The van der Waals surface area contributed by atoms with E-state index in [2.05, 4.69) is 43.6 Å². The first-order valence-corrected chi connectivity index (χ1v) is 14.6. The van der Waals surface area contributed by atoms with E-state index in [0.717, 1.165) is 38.3 Å². The fraction of sp³-hybridized carbons (Fsp3) is 0.485. The maximum atomic E-state index is 14.0. The predicted octanol–water partition coefficient (Wildman–Crippen LogP) is 6.12. The molecule has 0 spiro atoms. The minimum atomic E-state index is -0.415. The number of likely N-dealkylation sites (N-methyl/N-ethyl adjacent to an activating group) is 2. The monoisotopic (exact) mass is 566 g/mol. The summed E-state index contributed by atoms with van der Waals surface area (Å²) >= 11 is 0. The van der Waals surface area contributed by atoms with Crippen molar-refractivity contribution in [3.8, 4) is 34.3 Å². The molecule has 1 heterocycles. The SMILES string of the molecule is CCN(CC)CCOc1cc(O)c2c(=O)c(OCCN(CC)CC)c(-c3ccc(OC)cc3)oc2c1CC=C(C)C. The predicted molar refractivity (Wildman–Crippen MR) is 166 cm³/mol. The Morgan fingerprint density at radius 1 is 0.927 bits per heavy atom. The van der Waals surface area contributed by atoms with Crippen LogP contribution in [0.1, 0.15) is 47.1 Å². The van der Waals surface area contributed by atoms with Gasteiger partial charge in [-0.1, -0.05) is 39.3 Å². The molecule has 1 aromatic heterocycles. The van der Waals surface area contributed by atoms with Crippen molar-refractivity contribution in [1.29, 1.82) is 0 Å². The van der Waals surface area contributed by atoms with E-state index >= 15 is 0 Å². The normalized spacial score (nSPS) is 11.3. The van der Waals surface area contributed by atoms with E-state index in [1.54, 1.807) is 7.11 Å². The van der Waals surface area contributed by atoms with Gasteiger partial charge in [0, 0.05) is 30.3 Å². The maximum absolute atomic E-state index is 14.0. The molecule has 0 aliphatic heterocycles. The van der Waals surface area contributed by atoms with Gasteiger partial charge >= 0.3 is 0 Å². The zero-order valence-corrected chi connectivity index (χ0v) is 25.7. The minimum Gasteiger partial charge on any atom is -0.507 e. The van der Waals surface area contributed by atoms with Crippen LogP contribution in [0.2, 0.25) is 0 Å². The fourth-order valence-electron chi connectivity index (χ4n) is 4.69. The number of allylic oxidation sites excluding steroid dienone is 2. The standard InChI is InChI=1S/C33H46N2O6/c1-8-34(9-2)18-20-39-28-22-27(36)29-30(37)33(40-21-19-35(10-3)11-4)31(24-13-15-25(38-7)16-14-24)41-32(29)26(28)17-12-23(5)6/h12-16,22,36H,8-11,17-21H2,1-7H3. The average Bonchev–Trinajstić information content (AvgIpc) is 2.97. The van der Waals surface area contributed by atoms with Gasteiger partial charge in [0.15, 0.2) is 5.76 Å². The number of ether oxygens (including phenoxy) is 3. The Labute approximate surface area is 244 Å². The quantitative estimate of drug-likeness (QED) is 0.208. The first-order chi connectivity index (χ1) is 19.8. The topological polar surface area (TPSA) is 84.6 Å². The fourth-order valence-corrected chi connectivity index (χ4v) is 4.69. The van der Waals surface area contributed by atoms with E-state index in [-0.39, 0.29) is 16.9 Å². The molecular weight excluding hydrogens is 520 g/mol.